The van der Waals surface area contributed by atoms with Gasteiger partial charge in [-0.25, -0.2) is 4.79 Å². The second kappa shape index (κ2) is 7.95. The average molecular weight is 413 g/mol. The van der Waals surface area contributed by atoms with Crippen molar-refractivity contribution in [3.63, 3.8) is 0 Å². The minimum absolute atomic E-state index is 0.274. The lowest BCUT2D eigenvalue weighted by atomic mass is 9.90. The van der Waals surface area contributed by atoms with Gasteiger partial charge in [-0.2, -0.15) is 0 Å². The van der Waals surface area contributed by atoms with E-state index in [4.69, 9.17) is 14.1 Å². The van der Waals surface area contributed by atoms with E-state index in [0.29, 0.717) is 11.5 Å². The monoisotopic (exact) mass is 413 g/mol. The van der Waals surface area contributed by atoms with Crippen LogP contribution in [0.3, 0.4) is 0 Å². The Hall–Kier alpha value is -3.54. The predicted molar refractivity (Wildman–Crippen MR) is 117 cm³/mol. The van der Waals surface area contributed by atoms with Gasteiger partial charge in [0.1, 0.15) is 0 Å². The molecule has 5 rings (SSSR count). The molecule has 156 valence electrons. The molecule has 0 fully saturated rings. The first-order valence-corrected chi connectivity index (χ1v) is 10.6. The normalized spacial score (nSPS) is 14.3. The number of aromatic nitrogens is 3. The first kappa shape index (κ1) is 19.4. The Kier molecular flexibility index (Phi) is 4.98. The van der Waals surface area contributed by atoms with Gasteiger partial charge in [-0.3, -0.25) is 4.98 Å². The van der Waals surface area contributed by atoms with Crippen molar-refractivity contribution in [1.82, 2.24) is 15.2 Å². The molecule has 2 aromatic carbocycles. The maximum absolute atomic E-state index is 13.3. The van der Waals surface area contributed by atoms with Crippen LogP contribution in [-0.2, 0) is 17.6 Å². The van der Waals surface area contributed by atoms with Crippen molar-refractivity contribution in [2.45, 2.75) is 45.6 Å². The summed E-state index contributed by atoms with van der Waals surface area (Å²) in [5.74, 6) is 0.306. The van der Waals surface area contributed by atoms with Crippen LogP contribution in [0.5, 0.6) is 0 Å². The third-order valence-corrected chi connectivity index (χ3v) is 5.74. The third kappa shape index (κ3) is 3.69. The van der Waals surface area contributed by atoms with Gasteiger partial charge in [0, 0.05) is 16.6 Å². The minimum Gasteiger partial charge on any atom is -0.449 e. The zero-order valence-electron chi connectivity index (χ0n) is 17.6. The van der Waals surface area contributed by atoms with Crippen LogP contribution in [0, 0.1) is 6.92 Å². The number of hydrogen-bond donors (Lipinski definition) is 0. The average Bonchev–Trinajstić information content (AvgIpc) is 3.28. The van der Waals surface area contributed by atoms with Gasteiger partial charge in [0.2, 0.25) is 5.89 Å². The largest absolute Gasteiger partial charge is 0.449 e. The van der Waals surface area contributed by atoms with Crippen molar-refractivity contribution in [2.75, 3.05) is 0 Å². The number of para-hydroxylation sites is 1. The summed E-state index contributed by atoms with van der Waals surface area (Å²) in [4.78, 5) is 18.1. The van der Waals surface area contributed by atoms with Crippen LogP contribution in [0.1, 0.15) is 58.9 Å². The van der Waals surface area contributed by atoms with Gasteiger partial charge >= 0.3 is 5.97 Å². The molecule has 0 unspecified atom stereocenters. The van der Waals surface area contributed by atoms with Gasteiger partial charge in [0.15, 0.2) is 6.10 Å². The Morgan fingerprint density at radius 3 is 2.65 bits per heavy atom. The van der Waals surface area contributed by atoms with E-state index in [9.17, 15) is 4.79 Å². The lowest BCUT2D eigenvalue weighted by molar-refractivity contribution is 0.0280. The summed E-state index contributed by atoms with van der Waals surface area (Å²) in [7, 11) is 0. The number of carbonyl (C=O) groups is 1. The number of pyridine rings is 1. The van der Waals surface area contributed by atoms with E-state index in [-0.39, 0.29) is 11.9 Å². The maximum atomic E-state index is 13.3. The van der Waals surface area contributed by atoms with Crippen molar-refractivity contribution in [3.05, 3.63) is 76.8 Å². The highest BCUT2D eigenvalue weighted by molar-refractivity contribution is 6.05. The zero-order valence-corrected chi connectivity index (χ0v) is 17.6. The molecular weight excluding hydrogens is 390 g/mol. The molecule has 0 radical (unpaired) electrons. The zero-order chi connectivity index (χ0) is 21.4. The SMILES string of the molecule is Cc1ccc(-c2nnc([C@H](C)OC(=O)c3c4c(nc5ccccc35)CCCC4)o2)cc1. The molecule has 6 heteroatoms. The van der Waals surface area contributed by atoms with Crippen LogP contribution in [0.4, 0.5) is 0 Å². The summed E-state index contributed by atoms with van der Waals surface area (Å²) >= 11 is 0. The third-order valence-electron chi connectivity index (χ3n) is 5.74. The fourth-order valence-corrected chi connectivity index (χ4v) is 4.09. The Morgan fingerprint density at radius 1 is 1.03 bits per heavy atom. The number of aryl methyl sites for hydroxylation is 2. The molecule has 31 heavy (non-hydrogen) atoms. The fraction of sp³-hybridized carbons (Fsp3) is 0.280. The van der Waals surface area contributed by atoms with Gasteiger partial charge < -0.3 is 9.15 Å². The Morgan fingerprint density at radius 2 is 1.81 bits per heavy atom. The molecule has 0 amide bonds. The fourth-order valence-electron chi connectivity index (χ4n) is 4.09. The van der Waals surface area contributed by atoms with Crippen molar-refractivity contribution in [2.24, 2.45) is 0 Å². The van der Waals surface area contributed by atoms with E-state index in [0.717, 1.165) is 59.0 Å². The topological polar surface area (TPSA) is 78.1 Å². The molecule has 1 aliphatic carbocycles. The summed E-state index contributed by atoms with van der Waals surface area (Å²) in [6.45, 7) is 3.77. The Balaban J connectivity index is 1.44. The quantitative estimate of drug-likeness (QED) is 0.418. The van der Waals surface area contributed by atoms with Gasteiger partial charge in [-0.05, 0) is 63.3 Å². The van der Waals surface area contributed by atoms with Gasteiger partial charge in [0.25, 0.3) is 5.89 Å². The van der Waals surface area contributed by atoms with Gasteiger partial charge in [0.05, 0.1) is 11.1 Å². The van der Waals surface area contributed by atoms with Gasteiger partial charge in [-0.1, -0.05) is 35.9 Å². The molecule has 0 aliphatic heterocycles. The first-order valence-electron chi connectivity index (χ1n) is 10.6. The molecule has 0 bridgehead atoms. The van der Waals surface area contributed by atoms with Crippen LogP contribution >= 0.6 is 0 Å². The summed E-state index contributed by atoms with van der Waals surface area (Å²) in [6.07, 6.45) is 3.20. The van der Waals surface area contributed by atoms with Crippen molar-refractivity contribution >= 4 is 16.9 Å². The number of carbonyl (C=O) groups excluding carboxylic acids is 1. The molecule has 4 aromatic rings. The molecule has 1 atom stereocenters. The van der Waals surface area contributed by atoms with E-state index < -0.39 is 6.10 Å². The minimum atomic E-state index is -0.662. The highest BCUT2D eigenvalue weighted by atomic mass is 16.6. The molecule has 0 N–H and O–H groups in total. The van der Waals surface area contributed by atoms with Crippen LogP contribution < -0.4 is 0 Å². The smallest absolute Gasteiger partial charge is 0.339 e. The number of esters is 1. The lowest BCUT2D eigenvalue weighted by Crippen LogP contribution is -2.17. The van der Waals surface area contributed by atoms with E-state index in [1.807, 2.05) is 55.5 Å². The summed E-state index contributed by atoms with van der Waals surface area (Å²) in [5.41, 5.74) is 5.43. The first-order chi connectivity index (χ1) is 15.1. The highest BCUT2D eigenvalue weighted by Crippen LogP contribution is 2.31. The molecule has 0 saturated heterocycles. The number of ether oxygens (including phenoxy) is 1. The van der Waals surface area contributed by atoms with Crippen molar-refractivity contribution in [1.29, 1.82) is 0 Å². The number of benzene rings is 2. The number of nitrogens with zero attached hydrogens (tertiary/aromatic N) is 3. The van der Waals surface area contributed by atoms with E-state index in [1.165, 1.54) is 0 Å². The Bertz CT molecular complexity index is 1260. The van der Waals surface area contributed by atoms with Crippen LogP contribution in [0.2, 0.25) is 0 Å². The summed E-state index contributed by atoms with van der Waals surface area (Å²) in [6, 6.07) is 15.6. The maximum Gasteiger partial charge on any atom is 0.339 e. The highest BCUT2D eigenvalue weighted by Gasteiger charge is 2.26. The molecule has 6 nitrogen and oxygen atoms in total. The van der Waals surface area contributed by atoms with Crippen LogP contribution in [0.25, 0.3) is 22.4 Å². The van der Waals surface area contributed by atoms with Crippen molar-refractivity contribution < 1.29 is 13.9 Å². The second-order valence-corrected chi connectivity index (χ2v) is 8.00. The van der Waals surface area contributed by atoms with E-state index in [2.05, 4.69) is 10.2 Å². The second-order valence-electron chi connectivity index (χ2n) is 8.00. The van der Waals surface area contributed by atoms with Gasteiger partial charge in [-0.15, -0.1) is 10.2 Å². The lowest BCUT2D eigenvalue weighted by Gasteiger charge is -2.20. The molecular formula is C25H23N3O3. The standard InChI is InChI=1S/C25H23N3O3/c1-15-11-13-17(14-12-15)24-28-27-23(31-24)16(2)30-25(29)22-18-7-3-5-9-20(18)26-21-10-6-4-8-19(21)22/h3,5,7,9,11-14,16H,4,6,8,10H2,1-2H3/t16-/m0/s1. The molecule has 2 heterocycles. The number of fused-ring (bicyclic) bond motifs is 2. The number of hydrogen-bond acceptors (Lipinski definition) is 6. The van der Waals surface area contributed by atoms with Crippen LogP contribution in [0.15, 0.2) is 52.9 Å². The Labute approximate surface area is 180 Å². The molecule has 0 spiro atoms. The van der Waals surface area contributed by atoms with E-state index >= 15 is 0 Å². The molecule has 2 aromatic heterocycles. The molecule has 0 saturated carbocycles. The predicted octanol–water partition coefficient (Wildman–Crippen LogP) is 5.39. The summed E-state index contributed by atoms with van der Waals surface area (Å²) in [5, 5.41) is 9.05. The van der Waals surface area contributed by atoms with E-state index in [1.54, 1.807) is 6.92 Å². The summed E-state index contributed by atoms with van der Waals surface area (Å²) < 4.78 is 11.6. The number of rotatable bonds is 4. The van der Waals surface area contributed by atoms with Crippen LogP contribution in [-0.4, -0.2) is 21.2 Å². The van der Waals surface area contributed by atoms with Crippen molar-refractivity contribution in [3.8, 4) is 11.5 Å². The molecule has 1 aliphatic rings.